The zero-order valence-electron chi connectivity index (χ0n) is 15.0. The minimum Gasteiger partial charge on any atom is -0.355 e. The Hall–Kier alpha value is -2.95. The van der Waals surface area contributed by atoms with Crippen LogP contribution in [0.15, 0.2) is 59.7 Å². The second-order valence-electron chi connectivity index (χ2n) is 6.80. The first-order valence-electron chi connectivity index (χ1n) is 8.82. The largest absolute Gasteiger partial charge is 0.355 e. The molecule has 2 aromatic rings. The van der Waals surface area contributed by atoms with Crippen LogP contribution < -0.4 is 10.7 Å². The Bertz CT molecular complexity index is 798. The highest BCUT2D eigenvalue weighted by atomic mass is 16.2. The Morgan fingerprint density at radius 1 is 1.15 bits per heavy atom. The van der Waals surface area contributed by atoms with E-state index >= 15 is 0 Å². The summed E-state index contributed by atoms with van der Waals surface area (Å²) in [5.41, 5.74) is 5.63. The van der Waals surface area contributed by atoms with Crippen LogP contribution in [0.25, 0.3) is 0 Å². The maximum absolute atomic E-state index is 12.5. The SMILES string of the molecule is CC(C)c1ccc(/C=N/NC(=O)[C@H]2C(=O)NC[C@H]2c2ccccc2)cc1. The highest BCUT2D eigenvalue weighted by Gasteiger charge is 2.40. The molecule has 2 N–H and O–H groups in total. The lowest BCUT2D eigenvalue weighted by molar-refractivity contribution is -0.133. The number of nitrogens with one attached hydrogen (secondary N) is 2. The van der Waals surface area contributed by atoms with E-state index in [-0.39, 0.29) is 17.7 Å². The lowest BCUT2D eigenvalue weighted by Crippen LogP contribution is -2.34. The fourth-order valence-electron chi connectivity index (χ4n) is 3.14. The number of hydrogen-bond donors (Lipinski definition) is 2. The van der Waals surface area contributed by atoms with Crippen molar-refractivity contribution in [2.45, 2.75) is 25.7 Å². The van der Waals surface area contributed by atoms with Crippen molar-refractivity contribution in [3.05, 3.63) is 71.3 Å². The van der Waals surface area contributed by atoms with Gasteiger partial charge in [-0.25, -0.2) is 5.43 Å². The average molecular weight is 349 g/mol. The molecule has 134 valence electrons. The van der Waals surface area contributed by atoms with Gasteiger partial charge in [-0.05, 0) is 22.6 Å². The summed E-state index contributed by atoms with van der Waals surface area (Å²) in [7, 11) is 0. The van der Waals surface area contributed by atoms with E-state index in [0.29, 0.717) is 12.5 Å². The normalized spacial score (nSPS) is 19.7. The highest BCUT2D eigenvalue weighted by Crippen LogP contribution is 2.28. The predicted octanol–water partition coefficient (Wildman–Crippen LogP) is 2.79. The zero-order valence-corrected chi connectivity index (χ0v) is 15.0. The van der Waals surface area contributed by atoms with Crippen molar-refractivity contribution in [2.24, 2.45) is 11.0 Å². The molecule has 0 bridgehead atoms. The summed E-state index contributed by atoms with van der Waals surface area (Å²) in [5.74, 6) is -1.12. The second-order valence-corrected chi connectivity index (χ2v) is 6.80. The monoisotopic (exact) mass is 349 g/mol. The minimum atomic E-state index is -0.766. The maximum Gasteiger partial charge on any atom is 0.253 e. The molecule has 26 heavy (non-hydrogen) atoms. The van der Waals surface area contributed by atoms with Crippen molar-refractivity contribution in [3.63, 3.8) is 0 Å². The number of amides is 2. The smallest absolute Gasteiger partial charge is 0.253 e. The highest BCUT2D eigenvalue weighted by molar-refractivity contribution is 6.03. The third kappa shape index (κ3) is 3.99. The zero-order chi connectivity index (χ0) is 18.5. The van der Waals surface area contributed by atoms with Crippen LogP contribution in [0, 0.1) is 5.92 Å². The molecule has 1 aliphatic rings. The van der Waals surface area contributed by atoms with Crippen LogP contribution in [0.1, 0.15) is 42.4 Å². The fourth-order valence-corrected chi connectivity index (χ4v) is 3.14. The van der Waals surface area contributed by atoms with Crippen LogP contribution in [-0.4, -0.2) is 24.6 Å². The summed E-state index contributed by atoms with van der Waals surface area (Å²) in [6, 6.07) is 17.6. The molecule has 1 aliphatic heterocycles. The molecule has 5 heteroatoms. The van der Waals surface area contributed by atoms with Gasteiger partial charge in [0.2, 0.25) is 5.91 Å². The summed E-state index contributed by atoms with van der Waals surface area (Å²) in [6.45, 7) is 4.74. The standard InChI is InChI=1S/C21H23N3O2/c1-14(2)16-10-8-15(9-11-16)12-23-24-21(26)19-18(13-22-20(19)25)17-6-4-3-5-7-17/h3-12,14,18-19H,13H2,1-2H3,(H,22,25)(H,24,26)/b23-12+/t18-,19+/m0/s1. The molecule has 2 aromatic carbocycles. The lowest BCUT2D eigenvalue weighted by Gasteiger charge is -2.15. The Morgan fingerprint density at radius 2 is 1.85 bits per heavy atom. The van der Waals surface area contributed by atoms with E-state index in [1.54, 1.807) is 6.21 Å². The van der Waals surface area contributed by atoms with Gasteiger partial charge in [0, 0.05) is 12.5 Å². The number of carbonyl (C=O) groups excluding carboxylic acids is 2. The van der Waals surface area contributed by atoms with Crippen LogP contribution in [0.3, 0.4) is 0 Å². The Morgan fingerprint density at radius 3 is 2.50 bits per heavy atom. The molecule has 0 spiro atoms. The van der Waals surface area contributed by atoms with E-state index in [2.05, 4.69) is 29.7 Å². The van der Waals surface area contributed by atoms with Gasteiger partial charge in [0.15, 0.2) is 0 Å². The molecule has 2 amide bonds. The van der Waals surface area contributed by atoms with Gasteiger partial charge in [0.05, 0.1) is 6.21 Å². The molecule has 0 radical (unpaired) electrons. The van der Waals surface area contributed by atoms with E-state index in [0.717, 1.165) is 11.1 Å². The molecule has 5 nitrogen and oxygen atoms in total. The molecule has 1 saturated heterocycles. The molecule has 3 rings (SSSR count). The second kappa shape index (κ2) is 7.95. The van der Waals surface area contributed by atoms with E-state index < -0.39 is 5.92 Å². The molecule has 0 unspecified atom stereocenters. The topological polar surface area (TPSA) is 70.6 Å². The average Bonchev–Trinajstić information content (AvgIpc) is 3.04. The van der Waals surface area contributed by atoms with E-state index in [9.17, 15) is 9.59 Å². The molecule has 2 atom stereocenters. The predicted molar refractivity (Wildman–Crippen MR) is 102 cm³/mol. The first kappa shape index (κ1) is 17.9. The van der Waals surface area contributed by atoms with Crippen molar-refractivity contribution in [2.75, 3.05) is 6.54 Å². The van der Waals surface area contributed by atoms with E-state index in [1.807, 2.05) is 54.6 Å². The lowest BCUT2D eigenvalue weighted by atomic mass is 9.88. The van der Waals surface area contributed by atoms with Crippen LogP contribution in [0.5, 0.6) is 0 Å². The Balaban J connectivity index is 1.65. The number of hydrazone groups is 1. The van der Waals surface area contributed by atoms with Gasteiger partial charge in [-0.1, -0.05) is 68.4 Å². The fraction of sp³-hybridized carbons (Fsp3) is 0.286. The number of hydrogen-bond acceptors (Lipinski definition) is 3. The third-order valence-corrected chi connectivity index (χ3v) is 4.68. The van der Waals surface area contributed by atoms with Crippen molar-refractivity contribution >= 4 is 18.0 Å². The Labute approximate surface area is 153 Å². The molecular weight excluding hydrogens is 326 g/mol. The van der Waals surface area contributed by atoms with Gasteiger partial charge in [-0.2, -0.15) is 5.10 Å². The van der Waals surface area contributed by atoms with E-state index in [4.69, 9.17) is 0 Å². The molecule has 0 aliphatic carbocycles. The number of nitrogens with zero attached hydrogens (tertiary/aromatic N) is 1. The summed E-state index contributed by atoms with van der Waals surface area (Å²) in [4.78, 5) is 24.6. The van der Waals surface area contributed by atoms with Crippen LogP contribution >= 0.6 is 0 Å². The number of carbonyl (C=O) groups is 2. The summed E-state index contributed by atoms with van der Waals surface area (Å²) >= 11 is 0. The van der Waals surface area contributed by atoms with Gasteiger partial charge in [-0.15, -0.1) is 0 Å². The molecule has 0 aromatic heterocycles. The molecular formula is C21H23N3O2. The van der Waals surface area contributed by atoms with Crippen LogP contribution in [0.4, 0.5) is 0 Å². The van der Waals surface area contributed by atoms with Crippen LogP contribution in [0.2, 0.25) is 0 Å². The van der Waals surface area contributed by atoms with Gasteiger partial charge in [0.1, 0.15) is 5.92 Å². The van der Waals surface area contributed by atoms with Crippen molar-refractivity contribution in [1.82, 2.24) is 10.7 Å². The van der Waals surface area contributed by atoms with Crippen molar-refractivity contribution in [1.29, 1.82) is 0 Å². The van der Waals surface area contributed by atoms with Gasteiger partial charge < -0.3 is 5.32 Å². The molecule has 1 fully saturated rings. The summed E-state index contributed by atoms with van der Waals surface area (Å²) in [6.07, 6.45) is 1.59. The van der Waals surface area contributed by atoms with Gasteiger partial charge >= 0.3 is 0 Å². The summed E-state index contributed by atoms with van der Waals surface area (Å²) < 4.78 is 0. The van der Waals surface area contributed by atoms with E-state index in [1.165, 1.54) is 5.56 Å². The molecule has 1 heterocycles. The first-order chi connectivity index (χ1) is 12.6. The number of benzene rings is 2. The van der Waals surface area contributed by atoms with Gasteiger partial charge in [0.25, 0.3) is 5.91 Å². The maximum atomic E-state index is 12.5. The number of rotatable bonds is 5. The molecule has 0 saturated carbocycles. The first-order valence-corrected chi connectivity index (χ1v) is 8.82. The quantitative estimate of drug-likeness (QED) is 0.495. The van der Waals surface area contributed by atoms with Gasteiger partial charge in [-0.3, -0.25) is 9.59 Å². The minimum absolute atomic E-state index is 0.177. The van der Waals surface area contributed by atoms with Crippen molar-refractivity contribution in [3.8, 4) is 0 Å². The van der Waals surface area contributed by atoms with Crippen molar-refractivity contribution < 1.29 is 9.59 Å². The van der Waals surface area contributed by atoms with Crippen LogP contribution in [-0.2, 0) is 9.59 Å². The third-order valence-electron chi connectivity index (χ3n) is 4.68. The summed E-state index contributed by atoms with van der Waals surface area (Å²) in [5, 5.41) is 6.79. The Kier molecular flexibility index (Phi) is 5.46.